The summed E-state index contributed by atoms with van der Waals surface area (Å²) in [6, 6.07) is 19.2. The monoisotopic (exact) mass is 436 g/mol. The first kappa shape index (κ1) is 22.3. The van der Waals surface area contributed by atoms with Gasteiger partial charge in [-0.2, -0.15) is 0 Å². The standard InChI is InChI=1S/C23H20N2O7/c1-15(22(26)24-20-12-11-17(25(28)29)14-21(20)30-2)31-23(27)16-7-6-10-19(13-16)32-18-8-4-3-5-9-18/h3-15H,1-2H3,(H,24,26). The number of hydrogen-bond donors (Lipinski definition) is 1. The lowest BCUT2D eigenvalue weighted by Gasteiger charge is -2.15. The molecule has 9 heteroatoms. The smallest absolute Gasteiger partial charge is 0.339 e. The number of esters is 1. The van der Waals surface area contributed by atoms with Crippen molar-refractivity contribution in [1.29, 1.82) is 0 Å². The Morgan fingerprint density at radius 1 is 0.969 bits per heavy atom. The number of nitro benzene ring substituents is 1. The average molecular weight is 436 g/mol. The van der Waals surface area contributed by atoms with Gasteiger partial charge in [-0.25, -0.2) is 4.79 Å². The average Bonchev–Trinajstić information content (AvgIpc) is 2.79. The van der Waals surface area contributed by atoms with E-state index >= 15 is 0 Å². The molecule has 0 saturated carbocycles. The Morgan fingerprint density at radius 2 is 1.69 bits per heavy atom. The van der Waals surface area contributed by atoms with E-state index in [1.54, 1.807) is 30.3 Å². The summed E-state index contributed by atoms with van der Waals surface area (Å²) in [6.45, 7) is 1.41. The molecule has 32 heavy (non-hydrogen) atoms. The van der Waals surface area contributed by atoms with E-state index in [4.69, 9.17) is 14.2 Å². The molecule has 0 aliphatic rings. The lowest BCUT2D eigenvalue weighted by molar-refractivity contribution is -0.384. The Kier molecular flexibility index (Phi) is 7.02. The summed E-state index contributed by atoms with van der Waals surface area (Å²) in [7, 11) is 1.32. The summed E-state index contributed by atoms with van der Waals surface area (Å²) in [6.07, 6.45) is -1.14. The number of carbonyl (C=O) groups excluding carboxylic acids is 2. The zero-order chi connectivity index (χ0) is 23.1. The third-order valence-electron chi connectivity index (χ3n) is 4.36. The van der Waals surface area contributed by atoms with Crippen molar-refractivity contribution in [2.24, 2.45) is 0 Å². The number of methoxy groups -OCH3 is 1. The highest BCUT2D eigenvalue weighted by molar-refractivity contribution is 5.98. The van der Waals surface area contributed by atoms with Gasteiger partial charge >= 0.3 is 5.97 Å². The summed E-state index contributed by atoms with van der Waals surface area (Å²) >= 11 is 0. The minimum Gasteiger partial charge on any atom is -0.494 e. The molecule has 0 aliphatic heterocycles. The van der Waals surface area contributed by atoms with Gasteiger partial charge in [-0.1, -0.05) is 24.3 Å². The Labute approximate surface area is 183 Å². The summed E-state index contributed by atoms with van der Waals surface area (Å²) in [5, 5.41) is 13.4. The van der Waals surface area contributed by atoms with Crippen molar-refractivity contribution in [1.82, 2.24) is 0 Å². The van der Waals surface area contributed by atoms with Crippen LogP contribution in [0, 0.1) is 10.1 Å². The number of hydrogen-bond acceptors (Lipinski definition) is 7. The van der Waals surface area contributed by atoms with E-state index in [2.05, 4.69) is 5.32 Å². The molecule has 0 bridgehead atoms. The fourth-order valence-electron chi connectivity index (χ4n) is 2.72. The van der Waals surface area contributed by atoms with Crippen molar-refractivity contribution < 1.29 is 28.7 Å². The summed E-state index contributed by atoms with van der Waals surface area (Å²) in [4.78, 5) is 35.3. The maximum Gasteiger partial charge on any atom is 0.339 e. The van der Waals surface area contributed by atoms with E-state index in [0.29, 0.717) is 11.5 Å². The molecule has 0 radical (unpaired) electrons. The Morgan fingerprint density at radius 3 is 2.38 bits per heavy atom. The zero-order valence-electron chi connectivity index (χ0n) is 17.3. The molecule has 1 atom stereocenters. The maximum absolute atomic E-state index is 12.5. The molecule has 1 N–H and O–H groups in total. The first-order valence-electron chi connectivity index (χ1n) is 9.54. The molecule has 0 aromatic heterocycles. The van der Waals surface area contributed by atoms with E-state index in [1.807, 2.05) is 18.2 Å². The molecule has 1 amide bonds. The molecule has 3 aromatic carbocycles. The van der Waals surface area contributed by atoms with Crippen molar-refractivity contribution >= 4 is 23.3 Å². The first-order valence-corrected chi connectivity index (χ1v) is 9.54. The van der Waals surface area contributed by atoms with Crippen LogP contribution in [0.4, 0.5) is 11.4 Å². The number of rotatable bonds is 8. The number of benzene rings is 3. The van der Waals surface area contributed by atoms with E-state index in [-0.39, 0.29) is 22.7 Å². The summed E-state index contributed by atoms with van der Waals surface area (Å²) in [5.74, 6) is -0.165. The van der Waals surface area contributed by atoms with Gasteiger partial charge < -0.3 is 19.5 Å². The van der Waals surface area contributed by atoms with Gasteiger partial charge in [0.2, 0.25) is 0 Å². The first-order chi connectivity index (χ1) is 15.4. The normalized spacial score (nSPS) is 11.2. The second kappa shape index (κ2) is 10.1. The van der Waals surface area contributed by atoms with Crippen molar-refractivity contribution in [3.63, 3.8) is 0 Å². The fourth-order valence-corrected chi connectivity index (χ4v) is 2.72. The van der Waals surface area contributed by atoms with Crippen LogP contribution >= 0.6 is 0 Å². The van der Waals surface area contributed by atoms with Crippen LogP contribution in [0.3, 0.4) is 0 Å². The molecule has 0 fully saturated rings. The highest BCUT2D eigenvalue weighted by Gasteiger charge is 2.21. The topological polar surface area (TPSA) is 117 Å². The van der Waals surface area contributed by atoms with Gasteiger partial charge in [0, 0.05) is 6.07 Å². The van der Waals surface area contributed by atoms with Crippen LogP contribution in [0.2, 0.25) is 0 Å². The highest BCUT2D eigenvalue weighted by Crippen LogP contribution is 2.29. The second-order valence-corrected chi connectivity index (χ2v) is 6.62. The van der Waals surface area contributed by atoms with Gasteiger partial charge in [0.1, 0.15) is 17.2 Å². The van der Waals surface area contributed by atoms with Crippen molar-refractivity contribution in [2.45, 2.75) is 13.0 Å². The van der Waals surface area contributed by atoms with E-state index in [0.717, 1.165) is 0 Å². The largest absolute Gasteiger partial charge is 0.494 e. The Bertz CT molecular complexity index is 1130. The molecule has 9 nitrogen and oxygen atoms in total. The molecular weight excluding hydrogens is 416 g/mol. The molecule has 0 aliphatic carbocycles. The van der Waals surface area contributed by atoms with Gasteiger partial charge in [0.15, 0.2) is 6.10 Å². The van der Waals surface area contributed by atoms with Crippen molar-refractivity contribution in [3.8, 4) is 17.2 Å². The third-order valence-corrected chi connectivity index (χ3v) is 4.36. The number of para-hydroxylation sites is 1. The quantitative estimate of drug-likeness (QED) is 0.312. The molecule has 0 spiro atoms. The maximum atomic E-state index is 12.5. The van der Waals surface area contributed by atoms with Crippen molar-refractivity contribution in [3.05, 3.63) is 88.5 Å². The van der Waals surface area contributed by atoms with Crippen LogP contribution in [0.25, 0.3) is 0 Å². The van der Waals surface area contributed by atoms with E-state index in [9.17, 15) is 19.7 Å². The van der Waals surface area contributed by atoms with Crippen LogP contribution < -0.4 is 14.8 Å². The number of nitro groups is 1. The van der Waals surface area contributed by atoms with Crippen LogP contribution in [-0.2, 0) is 9.53 Å². The third kappa shape index (κ3) is 5.60. The lowest BCUT2D eigenvalue weighted by Crippen LogP contribution is -2.30. The SMILES string of the molecule is COc1cc([N+](=O)[O-])ccc1NC(=O)C(C)OC(=O)c1cccc(Oc2ccccc2)c1. The van der Waals surface area contributed by atoms with Gasteiger partial charge in [-0.3, -0.25) is 14.9 Å². The zero-order valence-corrected chi connectivity index (χ0v) is 17.3. The number of anilines is 1. The predicted molar refractivity (Wildman–Crippen MR) is 116 cm³/mol. The minimum atomic E-state index is -1.14. The number of carbonyl (C=O) groups is 2. The molecule has 1 unspecified atom stereocenters. The molecule has 0 heterocycles. The van der Waals surface area contributed by atoms with Gasteiger partial charge in [0.25, 0.3) is 11.6 Å². The van der Waals surface area contributed by atoms with E-state index in [1.165, 1.54) is 38.3 Å². The van der Waals surface area contributed by atoms with Gasteiger partial charge in [-0.05, 0) is 43.3 Å². The summed E-state index contributed by atoms with van der Waals surface area (Å²) in [5.41, 5.74) is 0.243. The van der Waals surface area contributed by atoms with Gasteiger partial charge in [0.05, 0.1) is 29.4 Å². The molecule has 164 valence electrons. The van der Waals surface area contributed by atoms with Crippen LogP contribution in [0.15, 0.2) is 72.8 Å². The second-order valence-electron chi connectivity index (χ2n) is 6.62. The predicted octanol–water partition coefficient (Wildman–Crippen LogP) is 4.58. The molecule has 3 rings (SSSR count). The lowest BCUT2D eigenvalue weighted by atomic mass is 10.2. The highest BCUT2D eigenvalue weighted by atomic mass is 16.6. The Hall–Kier alpha value is -4.40. The molecule has 3 aromatic rings. The number of amides is 1. The molecular formula is C23H20N2O7. The number of non-ortho nitro benzene ring substituents is 1. The van der Waals surface area contributed by atoms with Crippen LogP contribution in [0.5, 0.6) is 17.2 Å². The Balaban J connectivity index is 1.65. The fraction of sp³-hybridized carbons (Fsp3) is 0.130. The number of nitrogens with zero attached hydrogens (tertiary/aromatic N) is 1. The minimum absolute atomic E-state index is 0.108. The van der Waals surface area contributed by atoms with Crippen LogP contribution in [0.1, 0.15) is 17.3 Å². The molecule has 0 saturated heterocycles. The number of ether oxygens (including phenoxy) is 3. The summed E-state index contributed by atoms with van der Waals surface area (Å²) < 4.78 is 16.0. The van der Waals surface area contributed by atoms with Gasteiger partial charge in [-0.15, -0.1) is 0 Å². The van der Waals surface area contributed by atoms with Crippen LogP contribution in [-0.4, -0.2) is 30.0 Å². The number of nitrogens with one attached hydrogen (secondary N) is 1. The van der Waals surface area contributed by atoms with E-state index < -0.39 is 22.9 Å². The van der Waals surface area contributed by atoms with Crippen molar-refractivity contribution in [2.75, 3.05) is 12.4 Å².